The number of rotatable bonds is 3. The Kier molecular flexibility index (Phi) is 3.90. The van der Waals surface area contributed by atoms with Gasteiger partial charge >= 0.3 is 0 Å². The lowest BCUT2D eigenvalue weighted by Gasteiger charge is -2.13. The number of primary amides is 1. The van der Waals surface area contributed by atoms with Gasteiger partial charge in [0.25, 0.3) is 5.91 Å². The van der Waals surface area contributed by atoms with E-state index >= 15 is 0 Å². The quantitative estimate of drug-likeness (QED) is 0.944. The van der Waals surface area contributed by atoms with E-state index in [9.17, 15) is 9.59 Å². The van der Waals surface area contributed by atoms with Crippen LogP contribution in [-0.2, 0) is 4.79 Å². The van der Waals surface area contributed by atoms with Gasteiger partial charge in [0, 0.05) is 18.7 Å². The first-order valence-corrected chi connectivity index (χ1v) is 7.37. The van der Waals surface area contributed by atoms with E-state index in [4.69, 9.17) is 21.8 Å². The molecule has 1 aromatic carbocycles. The van der Waals surface area contributed by atoms with Gasteiger partial charge in [-0.1, -0.05) is 23.7 Å². The summed E-state index contributed by atoms with van der Waals surface area (Å²) in [5, 5.41) is 0.561. The summed E-state index contributed by atoms with van der Waals surface area (Å²) in [6.07, 6.45) is 0.596. The summed E-state index contributed by atoms with van der Waals surface area (Å²) in [5.74, 6) is -0.102. The molecule has 1 aliphatic rings. The third kappa shape index (κ3) is 2.72. The first kappa shape index (κ1) is 14.7. The van der Waals surface area contributed by atoms with Gasteiger partial charge in [0.1, 0.15) is 5.76 Å². The second kappa shape index (κ2) is 5.85. The third-order valence-corrected chi connectivity index (χ3v) is 4.16. The molecule has 5 nitrogen and oxygen atoms in total. The normalized spacial score (nSPS) is 17.7. The number of amides is 2. The van der Waals surface area contributed by atoms with Crippen molar-refractivity contribution < 1.29 is 14.0 Å². The van der Waals surface area contributed by atoms with Crippen LogP contribution < -0.4 is 5.73 Å². The Labute approximate surface area is 132 Å². The molecule has 1 fully saturated rings. The van der Waals surface area contributed by atoms with Crippen LogP contribution in [0.4, 0.5) is 0 Å². The van der Waals surface area contributed by atoms with Crippen molar-refractivity contribution in [3.63, 3.8) is 0 Å². The minimum atomic E-state index is -0.369. The molecule has 2 amide bonds. The summed E-state index contributed by atoms with van der Waals surface area (Å²) in [6, 6.07) is 10.6. The van der Waals surface area contributed by atoms with Crippen LogP contribution >= 0.6 is 11.6 Å². The molecule has 0 radical (unpaired) electrons. The lowest BCUT2D eigenvalue weighted by Crippen LogP contribution is -2.31. The highest BCUT2D eigenvalue weighted by Gasteiger charge is 2.31. The van der Waals surface area contributed by atoms with Gasteiger partial charge < -0.3 is 15.1 Å². The predicted molar refractivity (Wildman–Crippen MR) is 82.4 cm³/mol. The van der Waals surface area contributed by atoms with E-state index in [0.29, 0.717) is 30.3 Å². The van der Waals surface area contributed by atoms with E-state index < -0.39 is 0 Å². The summed E-state index contributed by atoms with van der Waals surface area (Å²) >= 11 is 6.12. The first-order valence-electron chi connectivity index (χ1n) is 6.99. The Morgan fingerprint density at radius 3 is 2.68 bits per heavy atom. The van der Waals surface area contributed by atoms with Gasteiger partial charge in [-0.3, -0.25) is 9.59 Å². The zero-order valence-electron chi connectivity index (χ0n) is 11.8. The molecule has 114 valence electrons. The van der Waals surface area contributed by atoms with Crippen molar-refractivity contribution in [2.75, 3.05) is 13.1 Å². The number of carbonyl (C=O) groups is 2. The van der Waals surface area contributed by atoms with Gasteiger partial charge in [-0.2, -0.15) is 0 Å². The zero-order chi connectivity index (χ0) is 15.7. The molecular formula is C16H15ClN2O3. The number of likely N-dealkylation sites (tertiary alicyclic amines) is 1. The van der Waals surface area contributed by atoms with Crippen molar-refractivity contribution in [2.45, 2.75) is 6.42 Å². The number of halogens is 1. The van der Waals surface area contributed by atoms with Gasteiger partial charge in [0.05, 0.1) is 10.9 Å². The van der Waals surface area contributed by atoms with Gasteiger partial charge in [-0.15, -0.1) is 0 Å². The van der Waals surface area contributed by atoms with Gasteiger partial charge in [0.2, 0.25) is 5.91 Å². The highest BCUT2D eigenvalue weighted by Crippen LogP contribution is 2.30. The van der Waals surface area contributed by atoms with E-state index in [2.05, 4.69) is 0 Å². The second-order valence-corrected chi connectivity index (χ2v) is 5.69. The van der Waals surface area contributed by atoms with Crippen molar-refractivity contribution >= 4 is 23.4 Å². The van der Waals surface area contributed by atoms with Crippen LogP contribution in [0, 0.1) is 5.92 Å². The molecule has 1 aromatic heterocycles. The molecule has 0 aliphatic carbocycles. The Morgan fingerprint density at radius 2 is 2.00 bits per heavy atom. The molecule has 2 N–H and O–H groups in total. The van der Waals surface area contributed by atoms with Crippen LogP contribution in [0.2, 0.25) is 5.02 Å². The Balaban J connectivity index is 1.78. The van der Waals surface area contributed by atoms with Crippen molar-refractivity contribution in [1.82, 2.24) is 4.90 Å². The number of carbonyl (C=O) groups excluding carboxylic acids is 2. The average molecular weight is 319 g/mol. The van der Waals surface area contributed by atoms with Crippen LogP contribution in [0.15, 0.2) is 40.8 Å². The highest BCUT2D eigenvalue weighted by atomic mass is 35.5. The number of nitrogens with two attached hydrogens (primary N) is 1. The molecule has 3 rings (SSSR count). The number of benzene rings is 1. The fourth-order valence-corrected chi connectivity index (χ4v) is 2.82. The lowest BCUT2D eigenvalue weighted by atomic mass is 10.1. The van der Waals surface area contributed by atoms with E-state index in [-0.39, 0.29) is 23.5 Å². The van der Waals surface area contributed by atoms with E-state index in [1.165, 1.54) is 0 Å². The molecule has 0 saturated carbocycles. The topological polar surface area (TPSA) is 76.5 Å². The summed E-state index contributed by atoms with van der Waals surface area (Å²) < 4.78 is 5.63. The summed E-state index contributed by atoms with van der Waals surface area (Å²) in [4.78, 5) is 25.2. The van der Waals surface area contributed by atoms with E-state index in [1.54, 1.807) is 23.1 Å². The van der Waals surface area contributed by atoms with Gasteiger partial charge in [0.15, 0.2) is 5.76 Å². The smallest absolute Gasteiger partial charge is 0.289 e. The largest absolute Gasteiger partial charge is 0.451 e. The number of nitrogens with zero attached hydrogens (tertiary/aromatic N) is 1. The summed E-state index contributed by atoms with van der Waals surface area (Å²) in [6.45, 7) is 0.852. The molecule has 0 spiro atoms. The molecule has 2 heterocycles. The highest BCUT2D eigenvalue weighted by molar-refractivity contribution is 6.33. The number of furan rings is 1. The predicted octanol–water partition coefficient (Wildman–Crippen LogP) is 2.55. The van der Waals surface area contributed by atoms with Gasteiger partial charge in [-0.25, -0.2) is 0 Å². The Morgan fingerprint density at radius 1 is 1.23 bits per heavy atom. The average Bonchev–Trinajstić information content (AvgIpc) is 3.17. The summed E-state index contributed by atoms with van der Waals surface area (Å²) in [5.41, 5.74) is 6.02. The molecule has 2 aromatic rings. The molecule has 6 heteroatoms. The van der Waals surface area contributed by atoms with Gasteiger partial charge in [-0.05, 0) is 30.7 Å². The van der Waals surface area contributed by atoms with Crippen molar-refractivity contribution in [2.24, 2.45) is 11.7 Å². The van der Waals surface area contributed by atoms with Crippen LogP contribution in [-0.4, -0.2) is 29.8 Å². The number of hydrogen-bond acceptors (Lipinski definition) is 3. The first-order chi connectivity index (χ1) is 10.6. The van der Waals surface area contributed by atoms with E-state index in [0.717, 1.165) is 5.56 Å². The SMILES string of the molecule is NC(=O)C1CCN(C(=O)c2ccc(-c3ccccc3Cl)o2)C1. The maximum Gasteiger partial charge on any atom is 0.289 e. The second-order valence-electron chi connectivity index (χ2n) is 5.28. The van der Waals surface area contributed by atoms with Crippen LogP contribution in [0.5, 0.6) is 0 Å². The zero-order valence-corrected chi connectivity index (χ0v) is 12.5. The minimum Gasteiger partial charge on any atom is -0.451 e. The van der Waals surface area contributed by atoms with E-state index in [1.807, 2.05) is 18.2 Å². The lowest BCUT2D eigenvalue weighted by molar-refractivity contribution is -0.121. The Bertz CT molecular complexity index is 726. The minimum absolute atomic E-state index is 0.234. The van der Waals surface area contributed by atoms with Crippen molar-refractivity contribution in [1.29, 1.82) is 0 Å². The fourth-order valence-electron chi connectivity index (χ4n) is 2.59. The molecule has 1 unspecified atom stereocenters. The molecule has 1 aliphatic heterocycles. The Hall–Kier alpha value is -2.27. The monoisotopic (exact) mass is 318 g/mol. The maximum absolute atomic E-state index is 12.4. The van der Waals surface area contributed by atoms with Crippen LogP contribution in [0.1, 0.15) is 17.0 Å². The fraction of sp³-hybridized carbons (Fsp3) is 0.250. The van der Waals surface area contributed by atoms with Crippen LogP contribution in [0.25, 0.3) is 11.3 Å². The third-order valence-electron chi connectivity index (χ3n) is 3.83. The molecule has 1 saturated heterocycles. The van der Waals surface area contributed by atoms with Crippen molar-refractivity contribution in [3.8, 4) is 11.3 Å². The number of hydrogen-bond donors (Lipinski definition) is 1. The van der Waals surface area contributed by atoms with Crippen LogP contribution in [0.3, 0.4) is 0 Å². The standard InChI is InChI=1S/C16H15ClN2O3/c17-12-4-2-1-3-11(12)13-5-6-14(22-13)16(21)19-8-7-10(9-19)15(18)20/h1-6,10H,7-9H2,(H2,18,20). The molecule has 1 atom stereocenters. The van der Waals surface area contributed by atoms with Crippen molar-refractivity contribution in [3.05, 3.63) is 47.2 Å². The summed E-state index contributed by atoms with van der Waals surface area (Å²) in [7, 11) is 0. The molecule has 22 heavy (non-hydrogen) atoms. The maximum atomic E-state index is 12.4. The molecular weight excluding hydrogens is 304 g/mol. The molecule has 0 bridgehead atoms.